The Bertz CT molecular complexity index is 833. The summed E-state index contributed by atoms with van der Waals surface area (Å²) in [7, 11) is 0. The number of hydrogen-bond donors (Lipinski definition) is 0. The van der Waals surface area contributed by atoms with E-state index in [-0.39, 0.29) is 5.78 Å². The molecule has 3 aromatic rings. The van der Waals surface area contributed by atoms with Crippen LogP contribution in [0.3, 0.4) is 0 Å². The lowest BCUT2D eigenvalue weighted by atomic mass is 10.1. The lowest BCUT2D eigenvalue weighted by Gasteiger charge is -1.97. The molecule has 0 N–H and O–H groups in total. The van der Waals surface area contributed by atoms with Gasteiger partial charge in [-0.05, 0) is 28.8 Å². The molecule has 0 saturated carbocycles. The number of fused-ring (bicyclic) bond motifs is 3. The molecule has 3 rings (SSSR count). The van der Waals surface area contributed by atoms with E-state index in [9.17, 15) is 4.79 Å². The Morgan fingerprint density at radius 1 is 1.10 bits per heavy atom. The second-order valence-corrected chi connectivity index (χ2v) is 6.59. The smallest absolute Gasteiger partial charge is 0.173 e. The number of hydrogen-bond acceptors (Lipinski definition) is 2. The van der Waals surface area contributed by atoms with Crippen LogP contribution in [0.2, 0.25) is 0 Å². The van der Waals surface area contributed by atoms with Gasteiger partial charge in [-0.25, -0.2) is 0 Å². The predicted octanol–water partition coefficient (Wildman–Crippen LogP) is 6.00. The summed E-state index contributed by atoms with van der Waals surface area (Å²) in [5.41, 5.74) is 1.93. The average molecular weight is 410 g/mol. The van der Waals surface area contributed by atoms with Crippen LogP contribution in [0.5, 0.6) is 0 Å². The van der Waals surface area contributed by atoms with Gasteiger partial charge in [0.2, 0.25) is 0 Å². The third kappa shape index (κ3) is 2.48. The third-order valence-electron chi connectivity index (χ3n) is 3.20. The van der Waals surface area contributed by atoms with Crippen molar-refractivity contribution in [3.63, 3.8) is 0 Å². The number of rotatable bonds is 3. The van der Waals surface area contributed by atoms with Crippen molar-refractivity contribution in [2.75, 3.05) is 5.33 Å². The molecule has 1 nitrogen and oxygen atoms in total. The Morgan fingerprint density at radius 3 is 2.50 bits per heavy atom. The van der Waals surface area contributed by atoms with Crippen LogP contribution in [-0.2, 0) is 0 Å². The molecule has 0 aliphatic carbocycles. The molecule has 1 aromatic heterocycles. The van der Waals surface area contributed by atoms with Gasteiger partial charge in [0.15, 0.2) is 5.78 Å². The fourth-order valence-electron chi connectivity index (χ4n) is 2.22. The number of carbonyl (C=O) groups excluding carboxylic acids is 1. The lowest BCUT2D eigenvalue weighted by molar-refractivity contribution is 0.102. The minimum Gasteiger partial charge on any atom is -0.293 e. The number of carbonyl (C=O) groups is 1. The fourth-order valence-corrected chi connectivity index (χ4v) is 4.04. The number of Topliss-reactive ketones (excluding diaryl/α,β-unsaturated/α-hetero) is 1. The quantitative estimate of drug-likeness (QED) is 0.383. The van der Waals surface area contributed by atoms with Gasteiger partial charge >= 0.3 is 0 Å². The van der Waals surface area contributed by atoms with E-state index in [0.29, 0.717) is 5.33 Å². The van der Waals surface area contributed by atoms with E-state index in [1.807, 2.05) is 29.3 Å². The maximum atomic E-state index is 11.8. The van der Waals surface area contributed by atoms with Crippen LogP contribution in [0.15, 0.2) is 41.4 Å². The van der Waals surface area contributed by atoms with E-state index in [0.717, 1.165) is 15.8 Å². The van der Waals surface area contributed by atoms with Gasteiger partial charge in [0.05, 0.1) is 5.33 Å². The van der Waals surface area contributed by atoms with Crippen molar-refractivity contribution < 1.29 is 4.79 Å². The van der Waals surface area contributed by atoms with Gasteiger partial charge < -0.3 is 0 Å². The van der Waals surface area contributed by atoms with Gasteiger partial charge in [0, 0.05) is 25.7 Å². The first-order valence-electron chi connectivity index (χ1n) is 6.05. The Hall–Kier alpha value is -0.970. The van der Waals surface area contributed by atoms with Crippen LogP contribution < -0.4 is 0 Å². The minimum absolute atomic E-state index is 0.118. The Kier molecular flexibility index (Phi) is 4.06. The zero-order chi connectivity index (χ0) is 14.1. The van der Waals surface area contributed by atoms with E-state index >= 15 is 0 Å². The van der Waals surface area contributed by atoms with Crippen LogP contribution in [-0.4, -0.2) is 11.1 Å². The van der Waals surface area contributed by atoms with Crippen LogP contribution in [0.25, 0.3) is 26.2 Å². The van der Waals surface area contributed by atoms with Gasteiger partial charge in [0.25, 0.3) is 0 Å². The molecule has 0 bridgehead atoms. The van der Waals surface area contributed by atoms with Crippen molar-refractivity contribution in [3.8, 4) is 0 Å². The molecule has 4 heteroatoms. The summed E-state index contributed by atoms with van der Waals surface area (Å²) in [6, 6.07) is 12.4. The summed E-state index contributed by atoms with van der Waals surface area (Å²) in [5, 5.41) is 2.82. The molecule has 0 fully saturated rings. The Labute approximate surface area is 137 Å². The second kappa shape index (κ2) is 5.80. The highest BCUT2D eigenvalue weighted by Crippen LogP contribution is 2.35. The summed E-state index contributed by atoms with van der Waals surface area (Å²) < 4.78 is 2.40. The predicted molar refractivity (Wildman–Crippen MR) is 95.4 cm³/mol. The molecule has 0 unspecified atom stereocenters. The number of halogens is 2. The van der Waals surface area contributed by atoms with Crippen molar-refractivity contribution in [3.05, 3.63) is 52.5 Å². The lowest BCUT2D eigenvalue weighted by Crippen LogP contribution is -1.98. The van der Waals surface area contributed by atoms with Gasteiger partial charge in [0.1, 0.15) is 0 Å². The molecule has 0 spiro atoms. The van der Waals surface area contributed by atoms with E-state index in [1.165, 1.54) is 15.5 Å². The molecule has 100 valence electrons. The van der Waals surface area contributed by atoms with Gasteiger partial charge in [-0.3, -0.25) is 4.79 Å². The first-order chi connectivity index (χ1) is 9.72. The summed E-state index contributed by atoms with van der Waals surface area (Å²) in [6.45, 7) is 0. The van der Waals surface area contributed by atoms with Crippen LogP contribution >= 0.6 is 43.2 Å². The summed E-state index contributed by atoms with van der Waals surface area (Å²) in [6.07, 6.45) is 2.02. The third-order valence-corrected chi connectivity index (χ3v) is 5.09. The number of thiophene rings is 1. The normalized spacial score (nSPS) is 11.7. The highest BCUT2D eigenvalue weighted by atomic mass is 79.9. The van der Waals surface area contributed by atoms with Gasteiger partial charge in [-0.2, -0.15) is 0 Å². The topological polar surface area (TPSA) is 17.1 Å². The molecule has 0 aliphatic rings. The maximum Gasteiger partial charge on any atom is 0.173 e. The van der Waals surface area contributed by atoms with E-state index in [2.05, 4.69) is 50.1 Å². The van der Waals surface area contributed by atoms with E-state index in [1.54, 1.807) is 11.3 Å². The van der Waals surface area contributed by atoms with Crippen molar-refractivity contribution in [2.24, 2.45) is 0 Å². The molecule has 20 heavy (non-hydrogen) atoms. The summed E-state index contributed by atoms with van der Waals surface area (Å²) in [5.74, 6) is 0.118. The molecule has 0 radical (unpaired) electrons. The number of benzene rings is 2. The van der Waals surface area contributed by atoms with E-state index < -0.39 is 0 Å². The van der Waals surface area contributed by atoms with Crippen LogP contribution in [0, 0.1) is 0 Å². The van der Waals surface area contributed by atoms with Crippen molar-refractivity contribution in [1.82, 2.24) is 0 Å². The molecular formula is C16H10Br2OS. The van der Waals surface area contributed by atoms with Crippen molar-refractivity contribution >= 4 is 75.2 Å². The van der Waals surface area contributed by atoms with Crippen molar-refractivity contribution in [1.29, 1.82) is 0 Å². The van der Waals surface area contributed by atoms with Gasteiger partial charge in [-0.1, -0.05) is 56.1 Å². The maximum absolute atomic E-state index is 11.8. The zero-order valence-electron chi connectivity index (χ0n) is 10.4. The van der Waals surface area contributed by atoms with Gasteiger partial charge in [-0.15, -0.1) is 11.3 Å². The molecule has 0 aliphatic heterocycles. The Balaban J connectivity index is 2.21. The standard InChI is InChI=1S/C16H10Br2OS/c17-6-5-10-1-3-12-13-4-2-11(14(19)9-18)8-16(13)20-15(12)7-10/h1-8H,9H2. The SMILES string of the molecule is O=C(CBr)c1ccc2c(c1)sc1cc(C=CBr)ccc12. The largest absolute Gasteiger partial charge is 0.293 e. The second-order valence-electron chi connectivity index (χ2n) is 4.42. The zero-order valence-corrected chi connectivity index (χ0v) is 14.4. The monoisotopic (exact) mass is 408 g/mol. The molecule has 0 saturated heterocycles. The Morgan fingerprint density at radius 2 is 1.80 bits per heavy atom. The number of alkyl halides is 1. The minimum atomic E-state index is 0.118. The van der Waals surface area contributed by atoms with Crippen molar-refractivity contribution in [2.45, 2.75) is 0 Å². The number of ketones is 1. The summed E-state index contributed by atoms with van der Waals surface area (Å²) >= 11 is 8.24. The molecule has 0 amide bonds. The van der Waals surface area contributed by atoms with E-state index in [4.69, 9.17) is 0 Å². The highest BCUT2D eigenvalue weighted by Gasteiger charge is 2.09. The summed E-state index contributed by atoms with van der Waals surface area (Å²) in [4.78, 5) is 13.6. The highest BCUT2D eigenvalue weighted by molar-refractivity contribution is 9.11. The fraction of sp³-hybridized carbons (Fsp3) is 0.0625. The molecule has 1 heterocycles. The molecule has 0 atom stereocenters. The van der Waals surface area contributed by atoms with Crippen LogP contribution in [0.4, 0.5) is 0 Å². The van der Waals surface area contributed by atoms with Crippen LogP contribution in [0.1, 0.15) is 15.9 Å². The average Bonchev–Trinajstić information content (AvgIpc) is 2.83. The molecule has 2 aromatic carbocycles. The first-order valence-corrected chi connectivity index (χ1v) is 8.90. The molecular weight excluding hydrogens is 400 g/mol. The first kappa shape index (κ1) is 14.0.